The van der Waals surface area contributed by atoms with E-state index in [2.05, 4.69) is 42.9 Å². The predicted octanol–water partition coefficient (Wildman–Crippen LogP) is 1.31. The molecular weight excluding hydrogens is 501 g/mol. The Morgan fingerprint density at radius 1 is 1.25 bits per heavy atom. The summed E-state index contributed by atoms with van der Waals surface area (Å²) in [5.41, 5.74) is 1.87. The predicted molar refractivity (Wildman–Crippen MR) is 110 cm³/mol. The van der Waals surface area contributed by atoms with Gasteiger partial charge in [0.2, 0.25) is 5.28 Å². The molecule has 9 nitrogen and oxygen atoms in total. The Balaban J connectivity index is 1.65. The monoisotopic (exact) mass is 517 g/mol. The first-order valence-corrected chi connectivity index (χ1v) is 9.94. The maximum Gasteiger partial charge on any atom is 0.226 e. The summed E-state index contributed by atoms with van der Waals surface area (Å²) in [5.74, 6) is 0.444. The molecule has 1 aliphatic rings. The molecule has 28 heavy (non-hydrogen) atoms. The number of halogens is 2. The summed E-state index contributed by atoms with van der Waals surface area (Å²) in [6.07, 6.45) is -2.87. The molecule has 0 spiro atoms. The number of hydrogen-bond donors (Lipinski definition) is 4. The van der Waals surface area contributed by atoms with Gasteiger partial charge in [-0.3, -0.25) is 4.57 Å². The van der Waals surface area contributed by atoms with Crippen molar-refractivity contribution in [2.24, 2.45) is 0 Å². The lowest BCUT2D eigenvalue weighted by atomic mass is 10.1. The van der Waals surface area contributed by atoms with Crippen molar-refractivity contribution < 1.29 is 20.1 Å². The second-order valence-corrected chi connectivity index (χ2v) is 7.96. The van der Waals surface area contributed by atoms with Crippen LogP contribution in [0.5, 0.6) is 0 Å². The lowest BCUT2D eigenvalue weighted by Gasteiger charge is -2.16. The summed E-state index contributed by atoms with van der Waals surface area (Å²) in [5, 5.41) is 32.8. The molecule has 4 N–H and O–H groups in total. The van der Waals surface area contributed by atoms with Crippen LogP contribution in [-0.2, 0) is 11.3 Å². The molecule has 148 valence electrons. The Bertz CT molecular complexity index is 1000. The summed E-state index contributed by atoms with van der Waals surface area (Å²) < 4.78 is 8.15. The van der Waals surface area contributed by atoms with Crippen LogP contribution in [0.25, 0.3) is 11.2 Å². The van der Waals surface area contributed by atoms with E-state index in [1.165, 1.54) is 10.9 Å². The van der Waals surface area contributed by atoms with Crippen LogP contribution in [0.4, 0.5) is 5.82 Å². The van der Waals surface area contributed by atoms with E-state index < -0.39 is 31.1 Å². The van der Waals surface area contributed by atoms with Crippen molar-refractivity contribution in [3.63, 3.8) is 0 Å². The Kier molecular flexibility index (Phi) is 5.67. The highest BCUT2D eigenvalue weighted by Gasteiger charge is 2.44. The van der Waals surface area contributed by atoms with Gasteiger partial charge in [-0.2, -0.15) is 9.97 Å². The zero-order valence-electron chi connectivity index (χ0n) is 14.4. The van der Waals surface area contributed by atoms with Crippen molar-refractivity contribution in [3.8, 4) is 0 Å². The number of aliphatic hydroxyl groups excluding tert-OH is 3. The van der Waals surface area contributed by atoms with E-state index in [1.807, 2.05) is 24.3 Å². The smallest absolute Gasteiger partial charge is 0.226 e. The molecule has 0 aliphatic carbocycles. The number of imidazole rings is 1. The van der Waals surface area contributed by atoms with Gasteiger partial charge in [-0.25, -0.2) is 4.98 Å². The van der Waals surface area contributed by atoms with Crippen molar-refractivity contribution in [1.29, 1.82) is 0 Å². The molecule has 1 aromatic carbocycles. The quantitative estimate of drug-likeness (QED) is 0.295. The summed E-state index contributed by atoms with van der Waals surface area (Å²) in [7, 11) is 0. The lowest BCUT2D eigenvalue weighted by Crippen LogP contribution is -2.33. The summed E-state index contributed by atoms with van der Waals surface area (Å²) in [4.78, 5) is 12.7. The van der Waals surface area contributed by atoms with Crippen LogP contribution in [0.3, 0.4) is 0 Å². The highest BCUT2D eigenvalue weighted by Crippen LogP contribution is 2.32. The Labute approximate surface area is 178 Å². The fourth-order valence-electron chi connectivity index (χ4n) is 3.14. The van der Waals surface area contributed by atoms with Crippen molar-refractivity contribution in [2.45, 2.75) is 31.1 Å². The number of ether oxygens (including phenoxy) is 1. The minimum Gasteiger partial charge on any atom is -0.394 e. The highest BCUT2D eigenvalue weighted by atomic mass is 127. The lowest BCUT2D eigenvalue weighted by molar-refractivity contribution is -0.0511. The fraction of sp³-hybridized carbons (Fsp3) is 0.353. The standard InChI is InChI=1S/C17H17ClIN5O4/c18-17-22-14(20-5-8-2-1-3-9(19)4-8)11-15(23-17)24(7-21-11)16-13(27)12(26)10(6-25)28-16/h1-4,7,10,12-13,16,25-27H,5-6H2,(H,20,22,23). The van der Waals surface area contributed by atoms with Gasteiger partial charge in [0.1, 0.15) is 18.3 Å². The highest BCUT2D eigenvalue weighted by molar-refractivity contribution is 14.1. The van der Waals surface area contributed by atoms with Gasteiger partial charge in [0.25, 0.3) is 0 Å². The van der Waals surface area contributed by atoms with Crippen LogP contribution in [0, 0.1) is 3.57 Å². The maximum atomic E-state index is 10.3. The van der Waals surface area contributed by atoms with Crippen molar-refractivity contribution >= 4 is 51.2 Å². The van der Waals surface area contributed by atoms with Crippen molar-refractivity contribution in [1.82, 2.24) is 19.5 Å². The number of benzene rings is 1. The van der Waals surface area contributed by atoms with Gasteiger partial charge in [0.05, 0.1) is 12.9 Å². The topological polar surface area (TPSA) is 126 Å². The SMILES string of the molecule is OCC1OC(n2cnc3c(NCc4cccc(I)c4)nc(Cl)nc32)C(O)C1O. The Hall–Kier alpha value is -1.57. The largest absolute Gasteiger partial charge is 0.394 e. The third-order valence-electron chi connectivity index (χ3n) is 4.53. The molecule has 3 aromatic rings. The second kappa shape index (κ2) is 8.05. The number of fused-ring (bicyclic) bond motifs is 1. The molecule has 4 atom stereocenters. The molecule has 1 aliphatic heterocycles. The molecule has 2 aromatic heterocycles. The van der Waals surface area contributed by atoms with Crippen LogP contribution < -0.4 is 5.32 Å². The average molecular weight is 518 g/mol. The molecule has 0 saturated carbocycles. The normalized spacial score (nSPS) is 24.8. The van der Waals surface area contributed by atoms with E-state index in [0.29, 0.717) is 23.5 Å². The van der Waals surface area contributed by atoms with Crippen LogP contribution in [0.2, 0.25) is 5.28 Å². The molecule has 4 rings (SSSR count). The summed E-state index contributed by atoms with van der Waals surface area (Å²) in [6, 6.07) is 8.02. The maximum absolute atomic E-state index is 10.3. The molecule has 3 heterocycles. The third-order valence-corrected chi connectivity index (χ3v) is 5.37. The number of nitrogens with one attached hydrogen (secondary N) is 1. The number of aliphatic hydroxyl groups is 3. The van der Waals surface area contributed by atoms with Gasteiger partial charge in [0, 0.05) is 10.1 Å². The first-order valence-electron chi connectivity index (χ1n) is 8.48. The van der Waals surface area contributed by atoms with Crippen LogP contribution >= 0.6 is 34.2 Å². The van der Waals surface area contributed by atoms with E-state index in [0.717, 1.165) is 9.13 Å². The van der Waals surface area contributed by atoms with E-state index in [9.17, 15) is 15.3 Å². The minimum atomic E-state index is -1.24. The van der Waals surface area contributed by atoms with Crippen LogP contribution in [0.15, 0.2) is 30.6 Å². The fourth-order valence-corrected chi connectivity index (χ4v) is 3.91. The first-order chi connectivity index (χ1) is 13.5. The van der Waals surface area contributed by atoms with Gasteiger partial charge in [0.15, 0.2) is 23.2 Å². The summed E-state index contributed by atoms with van der Waals surface area (Å²) >= 11 is 8.34. The molecule has 1 fully saturated rings. The van der Waals surface area contributed by atoms with Crippen LogP contribution in [-0.4, -0.2) is 59.8 Å². The van der Waals surface area contributed by atoms with E-state index >= 15 is 0 Å². The zero-order valence-corrected chi connectivity index (χ0v) is 17.3. The average Bonchev–Trinajstić information content (AvgIpc) is 3.21. The molecular formula is C17H17ClIN5O4. The van der Waals surface area contributed by atoms with Crippen LogP contribution in [0.1, 0.15) is 11.8 Å². The first kappa shape index (κ1) is 19.7. The summed E-state index contributed by atoms with van der Waals surface area (Å²) in [6.45, 7) is 0.0970. The number of nitrogens with zero attached hydrogens (tertiary/aromatic N) is 4. The minimum absolute atomic E-state index is 0.00568. The van der Waals surface area contributed by atoms with Gasteiger partial charge >= 0.3 is 0 Å². The van der Waals surface area contributed by atoms with Gasteiger partial charge in [-0.05, 0) is 51.9 Å². The second-order valence-electron chi connectivity index (χ2n) is 6.38. The molecule has 0 amide bonds. The Morgan fingerprint density at radius 3 is 2.79 bits per heavy atom. The molecule has 0 radical (unpaired) electrons. The van der Waals surface area contributed by atoms with Crippen molar-refractivity contribution in [3.05, 3.63) is 45.0 Å². The van der Waals surface area contributed by atoms with E-state index in [4.69, 9.17) is 16.3 Å². The van der Waals surface area contributed by atoms with Gasteiger partial charge < -0.3 is 25.4 Å². The molecule has 1 saturated heterocycles. The molecule has 4 unspecified atom stereocenters. The zero-order chi connectivity index (χ0) is 19.8. The van der Waals surface area contributed by atoms with E-state index in [1.54, 1.807) is 0 Å². The number of aromatic nitrogens is 4. The van der Waals surface area contributed by atoms with Gasteiger partial charge in [-0.15, -0.1) is 0 Å². The third kappa shape index (κ3) is 3.67. The number of rotatable bonds is 5. The molecule has 11 heteroatoms. The number of hydrogen-bond acceptors (Lipinski definition) is 8. The van der Waals surface area contributed by atoms with Gasteiger partial charge in [-0.1, -0.05) is 12.1 Å². The Morgan fingerprint density at radius 2 is 2.07 bits per heavy atom. The molecule has 0 bridgehead atoms. The van der Waals surface area contributed by atoms with E-state index in [-0.39, 0.29) is 5.28 Å². The number of anilines is 1. The van der Waals surface area contributed by atoms with Crippen molar-refractivity contribution in [2.75, 3.05) is 11.9 Å².